The lowest BCUT2D eigenvalue weighted by atomic mass is 9.43. The number of rotatable bonds is 5. The highest BCUT2D eigenvalue weighted by Gasteiger charge is 2.63. The van der Waals surface area contributed by atoms with Crippen molar-refractivity contribution in [3.63, 3.8) is 0 Å². The number of esters is 1. The number of carbonyl (C=O) groups is 1. The lowest BCUT2D eigenvalue weighted by molar-refractivity contribution is -0.160. The summed E-state index contributed by atoms with van der Waals surface area (Å²) in [5.41, 5.74) is 0.798. The minimum Gasteiger partial charge on any atom is -0.466 e. The summed E-state index contributed by atoms with van der Waals surface area (Å²) < 4.78 is 12.3. The summed E-state index contributed by atoms with van der Waals surface area (Å²) in [5.74, 6) is 4.82. The Bertz CT molecular complexity index is 843. The summed E-state index contributed by atoms with van der Waals surface area (Å²) >= 11 is 0. The van der Waals surface area contributed by atoms with E-state index in [1.165, 1.54) is 58.5 Å². The van der Waals surface area contributed by atoms with Crippen molar-refractivity contribution in [2.45, 2.75) is 124 Å². The molecule has 3 nitrogen and oxygen atoms in total. The molecule has 0 aliphatic heterocycles. The maximum Gasteiger partial charge on any atom is 0.330 e. The highest BCUT2D eigenvalue weighted by atomic mass is 28.4. The fourth-order valence-electron chi connectivity index (χ4n) is 9.49. The van der Waals surface area contributed by atoms with Gasteiger partial charge in [0.15, 0.2) is 8.32 Å². The molecule has 4 rings (SSSR count). The van der Waals surface area contributed by atoms with Crippen LogP contribution in [0.4, 0.5) is 0 Å². The molecule has 4 aliphatic rings. The molecule has 0 bridgehead atoms. The van der Waals surface area contributed by atoms with Crippen LogP contribution in [0.15, 0.2) is 12.2 Å². The Kier molecular flexibility index (Phi) is 7.77. The Morgan fingerprint density at radius 3 is 2.25 bits per heavy atom. The molecule has 10 atom stereocenters. The van der Waals surface area contributed by atoms with Crippen LogP contribution >= 0.6 is 0 Å². The summed E-state index contributed by atoms with van der Waals surface area (Å²) in [4.78, 5) is 11.8. The van der Waals surface area contributed by atoms with Crippen molar-refractivity contribution in [1.82, 2.24) is 0 Å². The maximum atomic E-state index is 11.8. The van der Waals surface area contributed by atoms with E-state index in [1.807, 2.05) is 0 Å². The highest BCUT2D eigenvalue weighted by Crippen LogP contribution is 2.69. The molecule has 0 N–H and O–H groups in total. The lowest BCUT2D eigenvalue weighted by Gasteiger charge is -2.64. The lowest BCUT2D eigenvalue weighted by Crippen LogP contribution is -2.60. The zero-order chi connectivity index (χ0) is 26.7. The van der Waals surface area contributed by atoms with E-state index in [-0.39, 0.29) is 11.0 Å². The molecule has 0 aromatic rings. The van der Waals surface area contributed by atoms with Gasteiger partial charge in [-0.3, -0.25) is 0 Å². The van der Waals surface area contributed by atoms with Gasteiger partial charge < -0.3 is 9.16 Å². The van der Waals surface area contributed by atoms with E-state index in [9.17, 15) is 4.79 Å². The number of methoxy groups -OCH3 is 1. The largest absolute Gasteiger partial charge is 0.466 e. The first-order valence-corrected chi connectivity index (χ1v) is 18.0. The van der Waals surface area contributed by atoms with Crippen molar-refractivity contribution in [3.05, 3.63) is 12.2 Å². The minimum atomic E-state index is -1.84. The predicted molar refractivity (Wildman–Crippen MR) is 152 cm³/mol. The van der Waals surface area contributed by atoms with Gasteiger partial charge in [-0.05, 0) is 115 Å². The van der Waals surface area contributed by atoms with E-state index >= 15 is 0 Å². The molecular formula is C32H56O3Si. The molecule has 0 spiro atoms. The second kappa shape index (κ2) is 9.85. The molecule has 3 unspecified atom stereocenters. The van der Waals surface area contributed by atoms with Crippen molar-refractivity contribution < 1.29 is 14.0 Å². The third-order valence-corrected chi connectivity index (χ3v) is 17.1. The van der Waals surface area contributed by atoms with Crippen LogP contribution in [0.25, 0.3) is 0 Å². The molecular weight excluding hydrogens is 460 g/mol. The van der Waals surface area contributed by atoms with Crippen LogP contribution in [0.2, 0.25) is 18.1 Å². The predicted octanol–water partition coefficient (Wildman–Crippen LogP) is 8.65. The van der Waals surface area contributed by atoms with E-state index in [0.29, 0.717) is 28.8 Å². The Labute approximate surface area is 223 Å². The molecule has 4 heteroatoms. The summed E-state index contributed by atoms with van der Waals surface area (Å²) in [6.45, 7) is 22.2. The Morgan fingerprint density at radius 1 is 0.972 bits per heavy atom. The van der Waals surface area contributed by atoms with E-state index < -0.39 is 8.32 Å². The monoisotopic (exact) mass is 516 g/mol. The average Bonchev–Trinajstić information content (AvgIpc) is 3.14. The molecule has 0 amide bonds. The van der Waals surface area contributed by atoms with Crippen molar-refractivity contribution in [1.29, 1.82) is 0 Å². The first-order chi connectivity index (χ1) is 16.6. The summed E-state index contributed by atoms with van der Waals surface area (Å²) in [5, 5.41) is 0.251. The fourth-order valence-corrected chi connectivity index (χ4v) is 10.9. The van der Waals surface area contributed by atoms with E-state index in [0.717, 1.165) is 29.6 Å². The highest BCUT2D eigenvalue weighted by molar-refractivity contribution is 6.74. The zero-order valence-electron chi connectivity index (χ0n) is 25.2. The van der Waals surface area contributed by atoms with Gasteiger partial charge in [0.1, 0.15) is 0 Å². The van der Waals surface area contributed by atoms with Gasteiger partial charge in [-0.25, -0.2) is 4.79 Å². The van der Waals surface area contributed by atoms with Crippen LogP contribution < -0.4 is 0 Å². The van der Waals surface area contributed by atoms with Crippen molar-refractivity contribution in [2.24, 2.45) is 52.3 Å². The Hall–Kier alpha value is -0.613. The number of hydrogen-bond donors (Lipinski definition) is 0. The molecule has 4 aliphatic carbocycles. The van der Waals surface area contributed by atoms with Crippen molar-refractivity contribution >= 4 is 14.3 Å². The number of fused-ring (bicyclic) bond motifs is 5. The minimum absolute atomic E-state index is 0.228. The van der Waals surface area contributed by atoms with E-state index in [4.69, 9.17) is 9.16 Å². The Morgan fingerprint density at radius 2 is 1.61 bits per heavy atom. The molecule has 0 radical (unpaired) electrons. The molecule has 0 aromatic heterocycles. The quantitative estimate of drug-likeness (QED) is 0.208. The SMILES string of the molecule is COC(=O)/C=C/[C@@H](C)[C@H]1CCC2C3C[C@H](O[Si](C)(C)C(C)(C)C)[C@@H]4C[C@H](C)CC[C@]4(C)C3CC[C@@]21C. The van der Waals surface area contributed by atoms with Crippen LogP contribution in [-0.2, 0) is 14.0 Å². The first kappa shape index (κ1) is 28.4. The molecule has 4 saturated carbocycles. The van der Waals surface area contributed by atoms with Crippen molar-refractivity contribution in [3.8, 4) is 0 Å². The second-order valence-electron chi connectivity index (χ2n) is 15.5. The van der Waals surface area contributed by atoms with Gasteiger partial charge in [-0.2, -0.15) is 0 Å². The topological polar surface area (TPSA) is 35.5 Å². The van der Waals surface area contributed by atoms with Gasteiger partial charge in [0.2, 0.25) is 0 Å². The van der Waals surface area contributed by atoms with Gasteiger partial charge in [0.05, 0.1) is 7.11 Å². The second-order valence-corrected chi connectivity index (χ2v) is 20.2. The third-order valence-electron chi connectivity index (χ3n) is 12.6. The zero-order valence-corrected chi connectivity index (χ0v) is 26.2. The van der Waals surface area contributed by atoms with Crippen LogP contribution in [0, 0.1) is 52.3 Å². The van der Waals surface area contributed by atoms with Crippen LogP contribution in [0.1, 0.15) is 99.8 Å². The summed E-state index contributed by atoms with van der Waals surface area (Å²) in [7, 11) is -0.373. The van der Waals surface area contributed by atoms with Gasteiger partial charge in [-0.1, -0.05) is 61.0 Å². The summed E-state index contributed by atoms with van der Waals surface area (Å²) in [6.07, 6.45) is 15.0. The standard InChI is InChI=1S/C32H56O3Si/c1-21-15-17-32(7)26-16-18-31(6)24(22(2)11-14-29(33)34-8)12-13-25(31)23(26)20-28(27(32)19-21)35-36(9,10)30(3,4)5/h11,14,21-28H,12-13,15-20H2,1-10H3/b14-11+/t21-,22-,23?,24-,25?,26?,27+,28+,31-,32-/m1/s1. The Balaban J connectivity index is 1.63. The number of allylic oxidation sites excluding steroid dienone is 1. The molecule has 206 valence electrons. The first-order valence-electron chi connectivity index (χ1n) is 15.1. The van der Waals surface area contributed by atoms with E-state index in [2.05, 4.69) is 67.6 Å². The van der Waals surface area contributed by atoms with Crippen LogP contribution in [-0.4, -0.2) is 27.5 Å². The van der Waals surface area contributed by atoms with Gasteiger partial charge >= 0.3 is 5.97 Å². The third kappa shape index (κ3) is 4.80. The van der Waals surface area contributed by atoms with Crippen LogP contribution in [0.5, 0.6) is 0 Å². The van der Waals surface area contributed by atoms with Crippen LogP contribution in [0.3, 0.4) is 0 Å². The van der Waals surface area contributed by atoms with Gasteiger partial charge in [0.25, 0.3) is 0 Å². The average molecular weight is 517 g/mol. The molecule has 0 saturated heterocycles. The van der Waals surface area contributed by atoms with E-state index in [1.54, 1.807) is 6.08 Å². The number of carbonyl (C=O) groups excluding carboxylic acids is 1. The van der Waals surface area contributed by atoms with Crippen molar-refractivity contribution in [2.75, 3.05) is 7.11 Å². The molecule has 0 aromatic carbocycles. The number of ether oxygens (including phenoxy) is 1. The number of hydrogen-bond acceptors (Lipinski definition) is 3. The molecule has 4 fully saturated rings. The van der Waals surface area contributed by atoms with Gasteiger partial charge in [-0.15, -0.1) is 0 Å². The maximum absolute atomic E-state index is 11.8. The van der Waals surface area contributed by atoms with Gasteiger partial charge in [0, 0.05) is 12.2 Å². The molecule has 0 heterocycles. The normalized spacial score (nSPS) is 44.0. The smallest absolute Gasteiger partial charge is 0.330 e. The summed E-state index contributed by atoms with van der Waals surface area (Å²) in [6, 6.07) is 0. The fraction of sp³-hybridized carbons (Fsp3) is 0.906. The molecule has 36 heavy (non-hydrogen) atoms.